The Bertz CT molecular complexity index is 385. The first-order valence-electron chi connectivity index (χ1n) is 6.22. The third-order valence-electron chi connectivity index (χ3n) is 2.41. The molecule has 0 aromatic carbocycles. The van der Waals surface area contributed by atoms with Crippen molar-refractivity contribution in [3.8, 4) is 0 Å². The van der Waals surface area contributed by atoms with Gasteiger partial charge < -0.3 is 9.64 Å². The molecule has 0 aliphatic carbocycles. The molecule has 0 aromatic heterocycles. The van der Waals surface area contributed by atoms with Crippen LogP contribution in [-0.2, 0) is 19.0 Å². The fourth-order valence-corrected chi connectivity index (χ4v) is 1.72. The minimum Gasteiger partial charge on any atom is -0.444 e. The lowest BCUT2D eigenvalue weighted by Gasteiger charge is -2.28. The summed E-state index contributed by atoms with van der Waals surface area (Å²) >= 11 is 0. The van der Waals surface area contributed by atoms with Crippen molar-refractivity contribution in [2.24, 2.45) is 0 Å². The van der Waals surface area contributed by atoms with Gasteiger partial charge in [-0.25, -0.2) is 4.79 Å². The molecule has 0 rings (SSSR count). The van der Waals surface area contributed by atoms with Crippen molar-refractivity contribution >= 4 is 16.2 Å². The molecule has 0 aliphatic rings. The average molecular weight is 295 g/mol. The van der Waals surface area contributed by atoms with E-state index in [1.807, 2.05) is 27.7 Å². The number of carbonyl (C=O) groups is 1. The van der Waals surface area contributed by atoms with Crippen LogP contribution in [0.3, 0.4) is 0 Å². The van der Waals surface area contributed by atoms with Gasteiger partial charge in [0.25, 0.3) is 10.1 Å². The van der Waals surface area contributed by atoms with Crippen molar-refractivity contribution in [2.45, 2.75) is 52.2 Å². The highest BCUT2D eigenvalue weighted by molar-refractivity contribution is 7.85. The van der Waals surface area contributed by atoms with E-state index >= 15 is 0 Å². The number of ether oxygens (including phenoxy) is 1. The molecule has 0 saturated heterocycles. The first-order chi connectivity index (χ1) is 8.42. The summed E-state index contributed by atoms with van der Waals surface area (Å²) < 4.78 is 31.4. The van der Waals surface area contributed by atoms with Crippen LogP contribution in [0.15, 0.2) is 0 Å². The highest BCUT2D eigenvalue weighted by atomic mass is 32.2. The number of nitrogens with zero attached hydrogens (tertiary/aromatic N) is 1. The Hall–Kier alpha value is -0.820. The Morgan fingerprint density at radius 1 is 1.32 bits per heavy atom. The van der Waals surface area contributed by atoms with E-state index in [9.17, 15) is 13.2 Å². The van der Waals surface area contributed by atoms with Crippen molar-refractivity contribution < 1.29 is 22.1 Å². The first-order valence-corrected chi connectivity index (χ1v) is 8.04. The lowest BCUT2D eigenvalue weighted by Crippen LogP contribution is -2.39. The summed E-state index contributed by atoms with van der Waals surface area (Å²) in [5, 5.41) is 0. The number of carbonyl (C=O) groups excluding carboxylic acids is 1. The normalized spacial score (nSPS) is 14.0. The third kappa shape index (κ3) is 9.72. The minimum atomic E-state index is -3.39. The molecule has 0 bridgehead atoms. The summed E-state index contributed by atoms with van der Waals surface area (Å²) in [6.45, 7) is 7.44. The molecule has 6 nitrogen and oxygen atoms in total. The molecular formula is C12H25NO5S. The average Bonchev–Trinajstić information content (AvgIpc) is 2.19. The topological polar surface area (TPSA) is 72.9 Å². The van der Waals surface area contributed by atoms with E-state index in [1.54, 1.807) is 7.05 Å². The molecule has 0 spiro atoms. The van der Waals surface area contributed by atoms with Gasteiger partial charge >= 0.3 is 6.09 Å². The van der Waals surface area contributed by atoms with E-state index in [0.717, 1.165) is 6.26 Å². The van der Waals surface area contributed by atoms with E-state index < -0.39 is 15.7 Å². The van der Waals surface area contributed by atoms with Gasteiger partial charge in [-0.05, 0) is 40.5 Å². The van der Waals surface area contributed by atoms with E-state index in [4.69, 9.17) is 4.74 Å². The Labute approximate surface area is 116 Å². The van der Waals surface area contributed by atoms with Gasteiger partial charge in [0.15, 0.2) is 0 Å². The fraction of sp³-hybridized carbons (Fsp3) is 0.917. The molecule has 19 heavy (non-hydrogen) atoms. The Morgan fingerprint density at radius 2 is 1.84 bits per heavy atom. The summed E-state index contributed by atoms with van der Waals surface area (Å²) in [6, 6.07) is -0.0435. The predicted molar refractivity (Wildman–Crippen MR) is 73.5 cm³/mol. The monoisotopic (exact) mass is 295 g/mol. The second-order valence-electron chi connectivity index (χ2n) is 5.61. The van der Waals surface area contributed by atoms with Gasteiger partial charge in [0.05, 0.1) is 12.9 Å². The summed E-state index contributed by atoms with van der Waals surface area (Å²) in [7, 11) is -1.73. The van der Waals surface area contributed by atoms with Crippen LogP contribution in [0.25, 0.3) is 0 Å². The smallest absolute Gasteiger partial charge is 0.410 e. The molecule has 0 radical (unpaired) electrons. The van der Waals surface area contributed by atoms with Crippen molar-refractivity contribution in [3.05, 3.63) is 0 Å². The highest BCUT2D eigenvalue weighted by Gasteiger charge is 2.22. The second-order valence-corrected chi connectivity index (χ2v) is 7.25. The van der Waals surface area contributed by atoms with E-state index in [0.29, 0.717) is 12.8 Å². The molecule has 0 aromatic rings. The van der Waals surface area contributed by atoms with Crippen LogP contribution >= 0.6 is 0 Å². The van der Waals surface area contributed by atoms with Crippen LogP contribution in [-0.4, -0.2) is 51.0 Å². The Morgan fingerprint density at radius 3 is 2.26 bits per heavy atom. The van der Waals surface area contributed by atoms with Crippen molar-refractivity contribution in [2.75, 3.05) is 19.9 Å². The molecule has 7 heteroatoms. The standard InChI is InChI=1S/C12H25NO5S/c1-10(8-7-9-17-19(6,15)16)13(5)11(14)18-12(2,3)4/h10H,7-9H2,1-6H3. The van der Waals surface area contributed by atoms with E-state index in [1.165, 1.54) is 4.90 Å². The molecule has 0 N–H and O–H groups in total. The maximum atomic E-state index is 11.8. The molecule has 0 fully saturated rings. The molecule has 114 valence electrons. The van der Waals surface area contributed by atoms with Crippen LogP contribution in [0.4, 0.5) is 4.79 Å². The van der Waals surface area contributed by atoms with Gasteiger partial charge in [0, 0.05) is 13.1 Å². The molecule has 0 aliphatic heterocycles. The van der Waals surface area contributed by atoms with Crippen LogP contribution in [0.2, 0.25) is 0 Å². The molecule has 0 heterocycles. The molecule has 0 saturated carbocycles. The lowest BCUT2D eigenvalue weighted by atomic mass is 10.1. The number of rotatable bonds is 6. The van der Waals surface area contributed by atoms with Gasteiger partial charge in [-0.15, -0.1) is 0 Å². The molecular weight excluding hydrogens is 270 g/mol. The number of hydrogen-bond donors (Lipinski definition) is 0. The summed E-state index contributed by atoms with van der Waals surface area (Å²) in [5.41, 5.74) is -0.523. The van der Waals surface area contributed by atoms with Crippen LogP contribution in [0, 0.1) is 0 Å². The van der Waals surface area contributed by atoms with Gasteiger partial charge in [-0.1, -0.05) is 0 Å². The zero-order valence-corrected chi connectivity index (χ0v) is 13.4. The summed E-state index contributed by atoms with van der Waals surface area (Å²) in [5.74, 6) is 0. The maximum absolute atomic E-state index is 11.8. The lowest BCUT2D eigenvalue weighted by molar-refractivity contribution is 0.0225. The second kappa shape index (κ2) is 7.09. The van der Waals surface area contributed by atoms with E-state index in [-0.39, 0.29) is 18.7 Å². The molecule has 1 unspecified atom stereocenters. The van der Waals surface area contributed by atoms with Crippen molar-refractivity contribution in [1.82, 2.24) is 4.90 Å². The summed E-state index contributed by atoms with van der Waals surface area (Å²) in [4.78, 5) is 13.3. The van der Waals surface area contributed by atoms with Gasteiger partial charge in [-0.3, -0.25) is 4.18 Å². The molecule has 1 atom stereocenters. The first kappa shape index (κ1) is 18.2. The summed E-state index contributed by atoms with van der Waals surface area (Å²) in [6.07, 6.45) is 1.83. The van der Waals surface area contributed by atoms with Gasteiger partial charge in [0.1, 0.15) is 5.60 Å². The quantitative estimate of drug-likeness (QED) is 0.553. The fourth-order valence-electron chi connectivity index (χ4n) is 1.30. The van der Waals surface area contributed by atoms with Crippen LogP contribution < -0.4 is 0 Å². The van der Waals surface area contributed by atoms with Gasteiger partial charge in [-0.2, -0.15) is 8.42 Å². The number of amides is 1. The zero-order chi connectivity index (χ0) is 15.3. The zero-order valence-electron chi connectivity index (χ0n) is 12.6. The minimum absolute atomic E-state index is 0.0435. The van der Waals surface area contributed by atoms with E-state index in [2.05, 4.69) is 4.18 Å². The van der Waals surface area contributed by atoms with Crippen molar-refractivity contribution in [3.63, 3.8) is 0 Å². The van der Waals surface area contributed by atoms with Crippen LogP contribution in [0.1, 0.15) is 40.5 Å². The SMILES string of the molecule is CC(CCCOS(C)(=O)=O)N(C)C(=O)OC(C)(C)C. The van der Waals surface area contributed by atoms with Crippen LogP contribution in [0.5, 0.6) is 0 Å². The predicted octanol–water partition coefficient (Wildman–Crippen LogP) is 2.00. The number of hydrogen-bond acceptors (Lipinski definition) is 5. The third-order valence-corrected chi connectivity index (χ3v) is 3.00. The Balaban J connectivity index is 4.07. The largest absolute Gasteiger partial charge is 0.444 e. The maximum Gasteiger partial charge on any atom is 0.410 e. The van der Waals surface area contributed by atoms with Crippen molar-refractivity contribution in [1.29, 1.82) is 0 Å². The highest BCUT2D eigenvalue weighted by Crippen LogP contribution is 2.12. The Kier molecular flexibility index (Phi) is 6.79. The molecule has 1 amide bonds. The van der Waals surface area contributed by atoms with Gasteiger partial charge in [0.2, 0.25) is 0 Å².